The standard InChI is InChI=1S/C17H25NO/c1-6-8-14-15(10-18-7-2)19-17-13(5)11(3)9-12(4)16(14)17/h9,18H,6-8,10H2,1-5H3. The average molecular weight is 259 g/mol. The predicted molar refractivity (Wildman–Crippen MR) is 81.8 cm³/mol. The lowest BCUT2D eigenvalue weighted by Crippen LogP contribution is -2.12. The summed E-state index contributed by atoms with van der Waals surface area (Å²) < 4.78 is 6.18. The van der Waals surface area contributed by atoms with E-state index in [2.05, 4.69) is 46.0 Å². The molecule has 1 aromatic carbocycles. The molecule has 2 nitrogen and oxygen atoms in total. The minimum Gasteiger partial charge on any atom is -0.459 e. The fraction of sp³-hybridized carbons (Fsp3) is 0.529. The van der Waals surface area contributed by atoms with Crippen LogP contribution >= 0.6 is 0 Å². The van der Waals surface area contributed by atoms with Gasteiger partial charge in [-0.05, 0) is 50.4 Å². The van der Waals surface area contributed by atoms with Gasteiger partial charge in [0.2, 0.25) is 0 Å². The zero-order valence-electron chi connectivity index (χ0n) is 12.8. The van der Waals surface area contributed by atoms with Crippen LogP contribution in [0.25, 0.3) is 11.0 Å². The molecule has 0 bridgehead atoms. The second-order valence-corrected chi connectivity index (χ2v) is 5.37. The summed E-state index contributed by atoms with van der Waals surface area (Å²) in [4.78, 5) is 0. The molecule has 0 saturated carbocycles. The molecule has 0 aliphatic heterocycles. The molecular formula is C17H25NO. The number of fused-ring (bicyclic) bond motifs is 1. The third-order valence-corrected chi connectivity index (χ3v) is 3.89. The van der Waals surface area contributed by atoms with Gasteiger partial charge in [0.1, 0.15) is 11.3 Å². The number of hydrogen-bond donors (Lipinski definition) is 1. The highest BCUT2D eigenvalue weighted by atomic mass is 16.3. The van der Waals surface area contributed by atoms with Gasteiger partial charge in [-0.2, -0.15) is 0 Å². The molecule has 1 heterocycles. The number of benzene rings is 1. The minimum atomic E-state index is 0.832. The number of nitrogens with one attached hydrogen (secondary N) is 1. The summed E-state index contributed by atoms with van der Waals surface area (Å²) in [6, 6.07) is 2.28. The number of rotatable bonds is 5. The maximum absolute atomic E-state index is 6.18. The Bertz CT molecular complexity index is 581. The van der Waals surface area contributed by atoms with Crippen molar-refractivity contribution in [3.05, 3.63) is 34.1 Å². The molecule has 0 spiro atoms. The van der Waals surface area contributed by atoms with E-state index in [1.54, 1.807) is 0 Å². The summed E-state index contributed by atoms with van der Waals surface area (Å²) in [6.07, 6.45) is 2.25. The van der Waals surface area contributed by atoms with Crippen LogP contribution in [0.4, 0.5) is 0 Å². The predicted octanol–water partition coefficient (Wildman–Crippen LogP) is 4.42. The van der Waals surface area contributed by atoms with Crippen molar-refractivity contribution in [3.8, 4) is 0 Å². The van der Waals surface area contributed by atoms with Gasteiger partial charge < -0.3 is 9.73 Å². The molecule has 2 heteroatoms. The summed E-state index contributed by atoms with van der Waals surface area (Å²) in [6.45, 7) is 12.7. The first kappa shape index (κ1) is 14.1. The molecule has 104 valence electrons. The molecule has 1 N–H and O–H groups in total. The molecule has 0 aliphatic rings. The molecule has 19 heavy (non-hydrogen) atoms. The largest absolute Gasteiger partial charge is 0.459 e. The van der Waals surface area contributed by atoms with Crippen LogP contribution in [0, 0.1) is 20.8 Å². The first-order valence-electron chi connectivity index (χ1n) is 7.31. The average Bonchev–Trinajstić information content (AvgIpc) is 2.74. The summed E-state index contributed by atoms with van der Waals surface area (Å²) in [5.41, 5.74) is 6.43. The van der Waals surface area contributed by atoms with E-state index in [-0.39, 0.29) is 0 Å². The molecule has 0 saturated heterocycles. The molecule has 0 atom stereocenters. The Balaban J connectivity index is 2.65. The van der Waals surface area contributed by atoms with E-state index in [0.29, 0.717) is 0 Å². The third kappa shape index (κ3) is 2.55. The van der Waals surface area contributed by atoms with Gasteiger partial charge in [0.25, 0.3) is 0 Å². The van der Waals surface area contributed by atoms with E-state index in [1.165, 1.54) is 27.6 Å². The SMILES string of the molecule is CCCc1c(CNCC)oc2c(C)c(C)cc(C)c12. The van der Waals surface area contributed by atoms with Crippen molar-refractivity contribution in [2.24, 2.45) is 0 Å². The van der Waals surface area contributed by atoms with E-state index < -0.39 is 0 Å². The molecule has 0 unspecified atom stereocenters. The Hall–Kier alpha value is -1.28. The van der Waals surface area contributed by atoms with Crippen LogP contribution in [0.3, 0.4) is 0 Å². The van der Waals surface area contributed by atoms with Crippen LogP contribution in [-0.2, 0) is 13.0 Å². The van der Waals surface area contributed by atoms with Crippen molar-refractivity contribution >= 4 is 11.0 Å². The number of furan rings is 1. The maximum Gasteiger partial charge on any atom is 0.138 e. The van der Waals surface area contributed by atoms with Gasteiger partial charge in [-0.3, -0.25) is 0 Å². The number of hydrogen-bond acceptors (Lipinski definition) is 2. The molecule has 2 rings (SSSR count). The van der Waals surface area contributed by atoms with E-state index in [1.807, 2.05) is 0 Å². The Morgan fingerprint density at radius 2 is 1.84 bits per heavy atom. The van der Waals surface area contributed by atoms with E-state index in [9.17, 15) is 0 Å². The van der Waals surface area contributed by atoms with Crippen molar-refractivity contribution in [2.45, 2.75) is 54.0 Å². The van der Waals surface area contributed by atoms with Gasteiger partial charge in [-0.1, -0.05) is 26.3 Å². The highest BCUT2D eigenvalue weighted by Crippen LogP contribution is 2.33. The lowest BCUT2D eigenvalue weighted by Gasteiger charge is -2.05. The monoisotopic (exact) mass is 259 g/mol. The van der Waals surface area contributed by atoms with Crippen molar-refractivity contribution in [1.29, 1.82) is 0 Å². The van der Waals surface area contributed by atoms with Gasteiger partial charge in [-0.25, -0.2) is 0 Å². The van der Waals surface area contributed by atoms with Crippen LogP contribution in [-0.4, -0.2) is 6.54 Å². The highest BCUT2D eigenvalue weighted by Gasteiger charge is 2.17. The van der Waals surface area contributed by atoms with Gasteiger partial charge >= 0.3 is 0 Å². The normalized spacial score (nSPS) is 11.4. The Morgan fingerprint density at radius 3 is 2.47 bits per heavy atom. The van der Waals surface area contributed by atoms with Gasteiger partial charge in [0.05, 0.1) is 6.54 Å². The zero-order valence-corrected chi connectivity index (χ0v) is 12.8. The molecule has 2 aromatic rings. The summed E-state index contributed by atoms with van der Waals surface area (Å²) in [7, 11) is 0. The van der Waals surface area contributed by atoms with Gasteiger partial charge in [0.15, 0.2) is 0 Å². The fourth-order valence-corrected chi connectivity index (χ4v) is 2.77. The van der Waals surface area contributed by atoms with Crippen LogP contribution in [0.5, 0.6) is 0 Å². The van der Waals surface area contributed by atoms with E-state index >= 15 is 0 Å². The quantitative estimate of drug-likeness (QED) is 0.860. The summed E-state index contributed by atoms with van der Waals surface area (Å²) >= 11 is 0. The molecule has 0 amide bonds. The van der Waals surface area contributed by atoms with Gasteiger partial charge in [0, 0.05) is 10.9 Å². The van der Waals surface area contributed by atoms with Gasteiger partial charge in [-0.15, -0.1) is 0 Å². The molecular weight excluding hydrogens is 234 g/mol. The topological polar surface area (TPSA) is 25.2 Å². The van der Waals surface area contributed by atoms with Crippen LogP contribution in [0.1, 0.15) is 48.3 Å². The molecule has 0 aliphatic carbocycles. The fourth-order valence-electron chi connectivity index (χ4n) is 2.77. The minimum absolute atomic E-state index is 0.832. The van der Waals surface area contributed by atoms with Crippen LogP contribution < -0.4 is 5.32 Å². The van der Waals surface area contributed by atoms with E-state index in [4.69, 9.17) is 4.42 Å². The number of aryl methyl sites for hydroxylation is 4. The van der Waals surface area contributed by atoms with Crippen molar-refractivity contribution in [3.63, 3.8) is 0 Å². The second kappa shape index (κ2) is 5.79. The summed E-state index contributed by atoms with van der Waals surface area (Å²) in [5, 5.41) is 4.73. The second-order valence-electron chi connectivity index (χ2n) is 5.37. The molecule has 0 fully saturated rings. The Kier molecular flexibility index (Phi) is 4.31. The highest BCUT2D eigenvalue weighted by molar-refractivity contribution is 5.89. The lowest BCUT2D eigenvalue weighted by atomic mass is 9.97. The van der Waals surface area contributed by atoms with E-state index in [0.717, 1.165) is 37.3 Å². The Morgan fingerprint density at radius 1 is 1.11 bits per heavy atom. The summed E-state index contributed by atoms with van der Waals surface area (Å²) in [5.74, 6) is 1.12. The zero-order chi connectivity index (χ0) is 14.0. The molecule has 1 aromatic heterocycles. The maximum atomic E-state index is 6.18. The Labute approximate surface area is 116 Å². The van der Waals surface area contributed by atoms with Crippen LogP contribution in [0.15, 0.2) is 10.5 Å². The van der Waals surface area contributed by atoms with Crippen molar-refractivity contribution < 1.29 is 4.42 Å². The van der Waals surface area contributed by atoms with Crippen LogP contribution in [0.2, 0.25) is 0 Å². The lowest BCUT2D eigenvalue weighted by molar-refractivity contribution is 0.511. The third-order valence-electron chi connectivity index (χ3n) is 3.89. The first-order valence-corrected chi connectivity index (χ1v) is 7.31. The smallest absolute Gasteiger partial charge is 0.138 e. The molecule has 0 radical (unpaired) electrons. The van der Waals surface area contributed by atoms with Crippen molar-refractivity contribution in [1.82, 2.24) is 5.32 Å². The first-order chi connectivity index (χ1) is 9.10. The van der Waals surface area contributed by atoms with Crippen molar-refractivity contribution in [2.75, 3.05) is 6.54 Å².